The Morgan fingerprint density at radius 3 is 1.73 bits per heavy atom. The normalized spacial score (nSPS) is 17.4. The number of rotatable bonds is 1. The van der Waals surface area contributed by atoms with Crippen molar-refractivity contribution in [3.8, 4) is 0 Å². The van der Waals surface area contributed by atoms with E-state index in [0.29, 0.717) is 55.0 Å². The first kappa shape index (κ1) is 18.8. The highest BCUT2D eigenvalue weighted by Crippen LogP contribution is 2.22. The van der Waals surface area contributed by atoms with E-state index in [0.717, 1.165) is 12.8 Å². The van der Waals surface area contributed by atoms with Gasteiger partial charge in [-0.3, -0.25) is 9.59 Å². The molecule has 140 valence electrons. The fourth-order valence-electron chi connectivity index (χ4n) is 3.13. The van der Waals surface area contributed by atoms with Gasteiger partial charge in [0.15, 0.2) is 0 Å². The maximum atomic E-state index is 12.4. The maximum Gasteiger partial charge on any atom is 0.321 e. The van der Waals surface area contributed by atoms with Crippen LogP contribution in [0.5, 0.6) is 0 Å². The molecule has 2 aliphatic rings. The molecule has 1 N–H and O–H groups in total. The molecule has 1 aromatic rings. The number of piperazine rings is 1. The monoisotopic (exact) mass is 398 g/mol. The molecule has 26 heavy (non-hydrogen) atoms. The summed E-state index contributed by atoms with van der Waals surface area (Å²) in [6.45, 7) is 2.69. The number of nitrogens with one attached hydrogen (secondary N) is 1. The number of halogens is 2. The molecule has 0 spiro atoms. The van der Waals surface area contributed by atoms with Crippen molar-refractivity contribution in [1.82, 2.24) is 14.7 Å². The highest BCUT2D eigenvalue weighted by Gasteiger charge is 2.31. The maximum absolute atomic E-state index is 12.4. The van der Waals surface area contributed by atoms with Crippen molar-refractivity contribution < 1.29 is 14.4 Å². The summed E-state index contributed by atoms with van der Waals surface area (Å²) in [7, 11) is 0. The molecule has 3 rings (SSSR count). The summed E-state index contributed by atoms with van der Waals surface area (Å²) in [5, 5.41) is 3.61. The van der Waals surface area contributed by atoms with Crippen molar-refractivity contribution in [2.75, 3.05) is 44.6 Å². The first-order valence-electron chi connectivity index (χ1n) is 8.54. The van der Waals surface area contributed by atoms with Crippen LogP contribution in [0.4, 0.5) is 10.5 Å². The summed E-state index contributed by atoms with van der Waals surface area (Å²) in [5.74, 6) is -0.914. The topological polar surface area (TPSA) is 73.0 Å². The fourth-order valence-corrected chi connectivity index (χ4v) is 3.66. The van der Waals surface area contributed by atoms with Gasteiger partial charge in [-0.2, -0.15) is 0 Å². The van der Waals surface area contributed by atoms with Crippen LogP contribution in [0.1, 0.15) is 12.8 Å². The van der Waals surface area contributed by atoms with Gasteiger partial charge >= 0.3 is 17.8 Å². The van der Waals surface area contributed by atoms with Crippen LogP contribution < -0.4 is 5.32 Å². The Hall–Kier alpha value is -1.99. The third kappa shape index (κ3) is 4.40. The summed E-state index contributed by atoms with van der Waals surface area (Å²) < 4.78 is 0. The second-order valence-corrected chi connectivity index (χ2v) is 7.24. The van der Waals surface area contributed by atoms with Crippen LogP contribution in [0.3, 0.4) is 0 Å². The predicted octanol–water partition coefficient (Wildman–Crippen LogP) is 2.29. The van der Waals surface area contributed by atoms with Gasteiger partial charge in [-0.15, -0.1) is 0 Å². The van der Waals surface area contributed by atoms with Gasteiger partial charge in [0.05, 0.1) is 0 Å². The van der Waals surface area contributed by atoms with Crippen molar-refractivity contribution >= 4 is 46.7 Å². The molecule has 7 nitrogen and oxygen atoms in total. The predicted molar refractivity (Wildman–Crippen MR) is 99.4 cm³/mol. The van der Waals surface area contributed by atoms with E-state index in [-0.39, 0.29) is 6.03 Å². The molecule has 0 saturated carbocycles. The van der Waals surface area contributed by atoms with E-state index in [1.165, 1.54) is 4.90 Å². The van der Waals surface area contributed by atoms with E-state index < -0.39 is 11.8 Å². The number of urea groups is 1. The van der Waals surface area contributed by atoms with E-state index in [9.17, 15) is 14.4 Å². The van der Waals surface area contributed by atoms with Gasteiger partial charge in [0.25, 0.3) is 0 Å². The summed E-state index contributed by atoms with van der Waals surface area (Å²) in [6.07, 6.45) is 1.89. The third-order valence-corrected chi connectivity index (χ3v) is 4.98. The minimum Gasteiger partial charge on any atom is -0.334 e. The van der Waals surface area contributed by atoms with Crippen LogP contribution in [-0.2, 0) is 9.59 Å². The molecule has 0 atom stereocenters. The molecule has 0 aliphatic carbocycles. The number of hydrogen-bond acceptors (Lipinski definition) is 3. The van der Waals surface area contributed by atoms with Crippen molar-refractivity contribution in [2.24, 2.45) is 0 Å². The van der Waals surface area contributed by atoms with E-state index in [2.05, 4.69) is 5.32 Å². The van der Waals surface area contributed by atoms with Gasteiger partial charge in [0.2, 0.25) is 0 Å². The molecule has 2 aliphatic heterocycles. The minimum absolute atomic E-state index is 0.290. The lowest BCUT2D eigenvalue weighted by molar-refractivity contribution is -0.152. The molecular weight excluding hydrogens is 379 g/mol. The number of amides is 4. The largest absolute Gasteiger partial charge is 0.334 e. The van der Waals surface area contributed by atoms with Crippen LogP contribution >= 0.6 is 23.2 Å². The average molecular weight is 399 g/mol. The van der Waals surface area contributed by atoms with Crippen LogP contribution in [0.25, 0.3) is 0 Å². The van der Waals surface area contributed by atoms with E-state index in [1.54, 1.807) is 28.0 Å². The highest BCUT2D eigenvalue weighted by molar-refractivity contribution is 6.35. The zero-order valence-electron chi connectivity index (χ0n) is 14.2. The summed E-state index contributed by atoms with van der Waals surface area (Å²) >= 11 is 11.9. The third-order valence-electron chi connectivity index (χ3n) is 4.54. The molecule has 2 heterocycles. The number of carbonyl (C=O) groups is 3. The van der Waals surface area contributed by atoms with Crippen LogP contribution in [0.2, 0.25) is 10.0 Å². The zero-order valence-corrected chi connectivity index (χ0v) is 15.7. The number of anilines is 1. The van der Waals surface area contributed by atoms with Crippen LogP contribution in [0, 0.1) is 0 Å². The van der Waals surface area contributed by atoms with Crippen molar-refractivity contribution in [1.29, 1.82) is 0 Å². The minimum atomic E-state index is -0.478. The number of benzene rings is 1. The number of carbonyl (C=O) groups excluding carboxylic acids is 3. The molecule has 1 aromatic carbocycles. The van der Waals surface area contributed by atoms with Gasteiger partial charge in [-0.05, 0) is 31.0 Å². The standard InChI is InChI=1S/C17H20Cl2N4O3/c18-12-9-13(19)11-14(10-12)20-17(26)23-7-5-22(6-8-23)16(25)15(24)21-3-1-2-4-21/h9-11H,1-8H2,(H,20,26). The van der Waals surface area contributed by atoms with Gasteiger partial charge in [0.1, 0.15) is 0 Å². The van der Waals surface area contributed by atoms with Gasteiger partial charge in [-0.1, -0.05) is 23.2 Å². The lowest BCUT2D eigenvalue weighted by atomic mass is 10.3. The molecule has 4 amide bonds. The number of hydrogen-bond donors (Lipinski definition) is 1. The second-order valence-electron chi connectivity index (χ2n) is 6.37. The Labute approximate surface area is 161 Å². The van der Waals surface area contributed by atoms with Crippen LogP contribution in [-0.4, -0.2) is 71.8 Å². The molecule has 0 aromatic heterocycles. The summed E-state index contributed by atoms with van der Waals surface area (Å²) in [6, 6.07) is 4.52. The highest BCUT2D eigenvalue weighted by atomic mass is 35.5. The summed E-state index contributed by atoms with van der Waals surface area (Å²) in [4.78, 5) is 41.6. The summed E-state index contributed by atoms with van der Waals surface area (Å²) in [5.41, 5.74) is 0.509. The number of likely N-dealkylation sites (tertiary alicyclic amines) is 1. The molecular formula is C17H20Cl2N4O3. The molecule has 0 bridgehead atoms. The molecule has 2 saturated heterocycles. The Bertz CT molecular complexity index is 694. The molecule has 0 radical (unpaired) electrons. The van der Waals surface area contributed by atoms with E-state index in [1.807, 2.05) is 0 Å². The quantitative estimate of drug-likeness (QED) is 0.737. The Morgan fingerprint density at radius 2 is 1.19 bits per heavy atom. The molecule has 0 unspecified atom stereocenters. The van der Waals surface area contributed by atoms with Gasteiger partial charge < -0.3 is 20.0 Å². The lowest BCUT2D eigenvalue weighted by Crippen LogP contribution is -2.54. The zero-order chi connectivity index (χ0) is 18.7. The SMILES string of the molecule is O=C(Nc1cc(Cl)cc(Cl)c1)N1CCN(C(=O)C(=O)N2CCCC2)CC1. The smallest absolute Gasteiger partial charge is 0.321 e. The Morgan fingerprint density at radius 1 is 0.731 bits per heavy atom. The first-order chi connectivity index (χ1) is 12.4. The van der Waals surface area contributed by atoms with E-state index >= 15 is 0 Å². The van der Waals surface area contributed by atoms with Crippen LogP contribution in [0.15, 0.2) is 18.2 Å². The van der Waals surface area contributed by atoms with E-state index in [4.69, 9.17) is 23.2 Å². The fraction of sp³-hybridized carbons (Fsp3) is 0.471. The van der Waals surface area contributed by atoms with Gasteiger partial charge in [0, 0.05) is 55.0 Å². The van der Waals surface area contributed by atoms with Crippen molar-refractivity contribution in [3.05, 3.63) is 28.2 Å². The van der Waals surface area contributed by atoms with Crippen molar-refractivity contribution in [2.45, 2.75) is 12.8 Å². The first-order valence-corrected chi connectivity index (χ1v) is 9.30. The lowest BCUT2D eigenvalue weighted by Gasteiger charge is -2.34. The molecule has 9 heteroatoms. The average Bonchev–Trinajstić information content (AvgIpc) is 3.14. The number of nitrogens with zero attached hydrogens (tertiary/aromatic N) is 3. The van der Waals surface area contributed by atoms with Crippen molar-refractivity contribution in [3.63, 3.8) is 0 Å². The van der Waals surface area contributed by atoms with Gasteiger partial charge in [-0.25, -0.2) is 4.79 Å². The second kappa shape index (κ2) is 8.14. The Balaban J connectivity index is 1.52. The molecule has 2 fully saturated rings. The Kier molecular flexibility index (Phi) is 5.88.